The number of ether oxygens (including phenoxy) is 1. The summed E-state index contributed by atoms with van der Waals surface area (Å²) in [6.07, 6.45) is 4.32. The number of nitrogens with zero attached hydrogens (tertiary/aromatic N) is 2. The van der Waals surface area contributed by atoms with Gasteiger partial charge < -0.3 is 4.74 Å². The summed E-state index contributed by atoms with van der Waals surface area (Å²) in [5.41, 5.74) is 0. The Labute approximate surface area is 93.0 Å². The maximum Gasteiger partial charge on any atom is 0.0600 e. The highest BCUT2D eigenvalue weighted by atomic mass is 16.5. The first-order chi connectivity index (χ1) is 7.29. The van der Waals surface area contributed by atoms with Crippen molar-refractivity contribution in [2.75, 3.05) is 39.4 Å². The molecule has 1 unspecified atom stereocenters. The Morgan fingerprint density at radius 3 is 2.27 bits per heavy atom. The molecule has 1 heterocycles. The Hall–Kier alpha value is -0.640. The maximum absolute atomic E-state index is 5.35. The van der Waals surface area contributed by atoms with Gasteiger partial charge in [-0.15, -0.1) is 13.2 Å². The molecule has 3 heteroatoms. The number of hydrogen-bond acceptors (Lipinski definition) is 3. The minimum absolute atomic E-state index is 0.435. The molecule has 0 aromatic carbocycles. The molecule has 0 amide bonds. The van der Waals surface area contributed by atoms with Crippen molar-refractivity contribution in [1.82, 2.24) is 9.80 Å². The zero-order valence-corrected chi connectivity index (χ0v) is 9.69. The standard InChI is InChI=1S/C12H22N2O/c1-4-6-13(7-5-2)12(3)14-8-10-15-11-9-14/h4-5,12H,1-2,6-11H2,3H3. The van der Waals surface area contributed by atoms with Gasteiger partial charge in [0.25, 0.3) is 0 Å². The number of hydrogen-bond donors (Lipinski definition) is 0. The Morgan fingerprint density at radius 1 is 1.27 bits per heavy atom. The van der Waals surface area contributed by atoms with Gasteiger partial charge in [-0.1, -0.05) is 12.2 Å². The van der Waals surface area contributed by atoms with Crippen LogP contribution in [0.2, 0.25) is 0 Å². The molecule has 1 fully saturated rings. The van der Waals surface area contributed by atoms with Gasteiger partial charge in [-0.2, -0.15) is 0 Å². The summed E-state index contributed by atoms with van der Waals surface area (Å²) < 4.78 is 5.35. The monoisotopic (exact) mass is 210 g/mol. The number of morpholine rings is 1. The van der Waals surface area contributed by atoms with Crippen molar-refractivity contribution in [3.05, 3.63) is 25.3 Å². The average Bonchev–Trinajstić information content (AvgIpc) is 2.29. The third-order valence-electron chi connectivity index (χ3n) is 2.83. The van der Waals surface area contributed by atoms with Gasteiger partial charge in [0.05, 0.1) is 19.4 Å². The second-order valence-corrected chi connectivity index (χ2v) is 3.81. The Kier molecular flexibility index (Phi) is 5.61. The van der Waals surface area contributed by atoms with E-state index in [9.17, 15) is 0 Å². The fourth-order valence-corrected chi connectivity index (χ4v) is 1.89. The molecule has 3 nitrogen and oxygen atoms in total. The van der Waals surface area contributed by atoms with Crippen LogP contribution >= 0.6 is 0 Å². The molecule has 1 atom stereocenters. The molecule has 1 aliphatic heterocycles. The Balaban J connectivity index is 2.48. The lowest BCUT2D eigenvalue weighted by atomic mass is 10.3. The van der Waals surface area contributed by atoms with Gasteiger partial charge in [-0.3, -0.25) is 9.80 Å². The van der Waals surface area contributed by atoms with Gasteiger partial charge in [0.2, 0.25) is 0 Å². The summed E-state index contributed by atoms with van der Waals surface area (Å²) in [4.78, 5) is 4.79. The van der Waals surface area contributed by atoms with Crippen LogP contribution in [-0.2, 0) is 4.74 Å². The largest absolute Gasteiger partial charge is 0.379 e. The second-order valence-electron chi connectivity index (χ2n) is 3.81. The predicted octanol–water partition coefficient (Wildman–Crippen LogP) is 1.34. The lowest BCUT2D eigenvalue weighted by molar-refractivity contribution is -0.0202. The van der Waals surface area contributed by atoms with E-state index >= 15 is 0 Å². The molecule has 15 heavy (non-hydrogen) atoms. The zero-order valence-electron chi connectivity index (χ0n) is 9.69. The molecule has 0 bridgehead atoms. The van der Waals surface area contributed by atoms with E-state index in [0.29, 0.717) is 6.17 Å². The van der Waals surface area contributed by atoms with Crippen LogP contribution in [-0.4, -0.2) is 55.4 Å². The molecule has 86 valence electrons. The summed E-state index contributed by atoms with van der Waals surface area (Å²) in [5, 5.41) is 0. The molecule has 1 aliphatic rings. The van der Waals surface area contributed by atoms with Crippen LogP contribution in [0.15, 0.2) is 25.3 Å². The highest BCUT2D eigenvalue weighted by Crippen LogP contribution is 2.08. The van der Waals surface area contributed by atoms with Crippen LogP contribution in [0.3, 0.4) is 0 Å². The smallest absolute Gasteiger partial charge is 0.0600 e. The van der Waals surface area contributed by atoms with E-state index in [1.54, 1.807) is 0 Å². The van der Waals surface area contributed by atoms with Crippen molar-refractivity contribution in [3.63, 3.8) is 0 Å². The van der Waals surface area contributed by atoms with E-state index in [4.69, 9.17) is 4.74 Å². The molecule has 0 aromatic heterocycles. The molecular formula is C12H22N2O. The van der Waals surface area contributed by atoms with E-state index in [0.717, 1.165) is 39.4 Å². The first kappa shape index (κ1) is 12.4. The summed E-state index contributed by atoms with van der Waals surface area (Å²) in [6, 6.07) is 0. The molecule has 0 aliphatic carbocycles. The fraction of sp³-hybridized carbons (Fsp3) is 0.667. The fourth-order valence-electron chi connectivity index (χ4n) is 1.89. The average molecular weight is 210 g/mol. The molecular weight excluding hydrogens is 188 g/mol. The quantitative estimate of drug-likeness (QED) is 0.615. The van der Waals surface area contributed by atoms with Crippen LogP contribution in [0.25, 0.3) is 0 Å². The molecule has 0 radical (unpaired) electrons. The molecule has 0 spiro atoms. The van der Waals surface area contributed by atoms with Crippen LogP contribution in [0.5, 0.6) is 0 Å². The van der Waals surface area contributed by atoms with E-state index < -0.39 is 0 Å². The van der Waals surface area contributed by atoms with E-state index in [2.05, 4.69) is 29.9 Å². The lowest BCUT2D eigenvalue weighted by Gasteiger charge is -2.38. The number of rotatable bonds is 6. The Bertz CT molecular complexity index is 190. The zero-order chi connectivity index (χ0) is 11.1. The van der Waals surface area contributed by atoms with Crippen LogP contribution in [0, 0.1) is 0 Å². The van der Waals surface area contributed by atoms with E-state index in [1.807, 2.05) is 12.2 Å². The topological polar surface area (TPSA) is 15.7 Å². The third-order valence-corrected chi connectivity index (χ3v) is 2.83. The first-order valence-corrected chi connectivity index (χ1v) is 5.57. The van der Waals surface area contributed by atoms with Gasteiger partial charge in [0, 0.05) is 26.2 Å². The van der Waals surface area contributed by atoms with Gasteiger partial charge >= 0.3 is 0 Å². The minimum atomic E-state index is 0.435. The van der Waals surface area contributed by atoms with Crippen LogP contribution in [0.4, 0.5) is 0 Å². The van der Waals surface area contributed by atoms with Crippen molar-refractivity contribution in [2.24, 2.45) is 0 Å². The molecule has 0 aromatic rings. The third kappa shape index (κ3) is 3.78. The minimum Gasteiger partial charge on any atom is -0.379 e. The van der Waals surface area contributed by atoms with Gasteiger partial charge in [0.15, 0.2) is 0 Å². The SMILES string of the molecule is C=CCN(CC=C)C(C)N1CCOCC1. The van der Waals surface area contributed by atoms with Crippen LogP contribution < -0.4 is 0 Å². The highest BCUT2D eigenvalue weighted by molar-refractivity contribution is 4.83. The van der Waals surface area contributed by atoms with Gasteiger partial charge in [0.1, 0.15) is 0 Å². The van der Waals surface area contributed by atoms with Crippen molar-refractivity contribution < 1.29 is 4.74 Å². The highest BCUT2D eigenvalue weighted by Gasteiger charge is 2.20. The molecule has 0 N–H and O–H groups in total. The van der Waals surface area contributed by atoms with Crippen molar-refractivity contribution in [3.8, 4) is 0 Å². The normalized spacial score (nSPS) is 20.1. The van der Waals surface area contributed by atoms with Crippen molar-refractivity contribution >= 4 is 0 Å². The van der Waals surface area contributed by atoms with E-state index in [1.165, 1.54) is 0 Å². The van der Waals surface area contributed by atoms with Gasteiger partial charge in [-0.25, -0.2) is 0 Å². The molecule has 1 rings (SSSR count). The summed E-state index contributed by atoms with van der Waals surface area (Å²) in [5.74, 6) is 0. The second kappa shape index (κ2) is 6.77. The van der Waals surface area contributed by atoms with Crippen molar-refractivity contribution in [2.45, 2.75) is 13.1 Å². The van der Waals surface area contributed by atoms with Crippen molar-refractivity contribution in [1.29, 1.82) is 0 Å². The summed E-state index contributed by atoms with van der Waals surface area (Å²) in [6.45, 7) is 15.4. The molecule has 1 saturated heterocycles. The summed E-state index contributed by atoms with van der Waals surface area (Å²) in [7, 11) is 0. The lowest BCUT2D eigenvalue weighted by Crippen LogP contribution is -2.51. The maximum atomic E-state index is 5.35. The predicted molar refractivity (Wildman–Crippen MR) is 63.8 cm³/mol. The molecule has 0 saturated carbocycles. The summed E-state index contributed by atoms with van der Waals surface area (Å²) >= 11 is 0. The first-order valence-electron chi connectivity index (χ1n) is 5.57. The van der Waals surface area contributed by atoms with Crippen LogP contribution in [0.1, 0.15) is 6.92 Å². The Morgan fingerprint density at radius 2 is 1.80 bits per heavy atom. The van der Waals surface area contributed by atoms with Gasteiger partial charge in [-0.05, 0) is 6.92 Å². The van der Waals surface area contributed by atoms with E-state index in [-0.39, 0.29) is 0 Å².